The second-order valence-corrected chi connectivity index (χ2v) is 6.92. The van der Waals surface area contributed by atoms with Gasteiger partial charge in [-0.15, -0.1) is 12.6 Å². The normalized spacial score (nSPS) is 28.0. The summed E-state index contributed by atoms with van der Waals surface area (Å²) in [5.41, 5.74) is 2.21. The van der Waals surface area contributed by atoms with Crippen LogP contribution in [0, 0.1) is 5.92 Å². The SMILES string of the molecule is Sc1nn(C2CN3CCC2CC3)cc1-c1ccc(Cl)cc1. The van der Waals surface area contributed by atoms with Crippen molar-refractivity contribution in [3.8, 4) is 11.1 Å². The maximum absolute atomic E-state index is 5.96. The summed E-state index contributed by atoms with van der Waals surface area (Å²) >= 11 is 10.5. The number of benzene rings is 1. The maximum Gasteiger partial charge on any atom is 0.123 e. The van der Waals surface area contributed by atoms with Crippen LogP contribution in [0.1, 0.15) is 18.9 Å². The van der Waals surface area contributed by atoms with E-state index in [1.165, 1.54) is 25.9 Å². The van der Waals surface area contributed by atoms with E-state index in [1.807, 2.05) is 24.3 Å². The Labute approximate surface area is 135 Å². The summed E-state index contributed by atoms with van der Waals surface area (Å²) < 4.78 is 2.14. The van der Waals surface area contributed by atoms with Crippen molar-refractivity contribution >= 4 is 24.2 Å². The summed E-state index contributed by atoms with van der Waals surface area (Å²) in [6.45, 7) is 3.63. The summed E-state index contributed by atoms with van der Waals surface area (Å²) in [5, 5.41) is 6.23. The summed E-state index contributed by atoms with van der Waals surface area (Å²) in [6.07, 6.45) is 4.74. The minimum atomic E-state index is 0.499. The minimum absolute atomic E-state index is 0.499. The van der Waals surface area contributed by atoms with Gasteiger partial charge in [0.2, 0.25) is 0 Å². The quantitative estimate of drug-likeness (QED) is 0.851. The molecular weight excluding hydrogens is 302 g/mol. The lowest BCUT2D eigenvalue weighted by Crippen LogP contribution is -2.48. The Morgan fingerprint density at radius 2 is 1.86 bits per heavy atom. The Balaban J connectivity index is 1.66. The van der Waals surface area contributed by atoms with Crippen LogP contribution in [0.3, 0.4) is 0 Å². The van der Waals surface area contributed by atoms with Crippen molar-refractivity contribution in [3.05, 3.63) is 35.5 Å². The van der Waals surface area contributed by atoms with Crippen LogP contribution >= 0.6 is 24.2 Å². The molecule has 0 aliphatic carbocycles. The molecule has 21 heavy (non-hydrogen) atoms. The molecule has 110 valence electrons. The Morgan fingerprint density at radius 3 is 2.48 bits per heavy atom. The number of hydrogen-bond donors (Lipinski definition) is 1. The average Bonchev–Trinajstić information content (AvgIpc) is 2.91. The zero-order valence-electron chi connectivity index (χ0n) is 11.7. The van der Waals surface area contributed by atoms with Crippen molar-refractivity contribution in [2.75, 3.05) is 19.6 Å². The molecule has 0 amide bonds. The number of aromatic nitrogens is 2. The number of halogens is 1. The first-order chi connectivity index (χ1) is 10.2. The molecule has 1 aromatic carbocycles. The molecule has 2 bridgehead atoms. The monoisotopic (exact) mass is 319 g/mol. The van der Waals surface area contributed by atoms with Crippen LogP contribution in [0.2, 0.25) is 5.02 Å². The molecule has 1 unspecified atom stereocenters. The number of hydrogen-bond acceptors (Lipinski definition) is 3. The Bertz CT molecular complexity index is 644. The van der Waals surface area contributed by atoms with Crippen molar-refractivity contribution in [3.63, 3.8) is 0 Å². The molecule has 3 fully saturated rings. The Kier molecular flexibility index (Phi) is 3.48. The maximum atomic E-state index is 5.96. The molecule has 0 spiro atoms. The third kappa shape index (κ3) is 2.50. The standard InChI is InChI=1S/C16H18ClN3S/c17-13-3-1-11(2-4-13)14-9-20(18-16(14)21)15-10-19-7-5-12(15)6-8-19/h1-4,9,12,15H,5-8,10H2,(H,18,21). The third-order valence-electron chi connectivity index (χ3n) is 4.83. The molecule has 1 atom stereocenters. The van der Waals surface area contributed by atoms with Gasteiger partial charge in [-0.3, -0.25) is 4.68 Å². The molecule has 0 N–H and O–H groups in total. The number of rotatable bonds is 2. The fraction of sp³-hybridized carbons (Fsp3) is 0.438. The van der Waals surface area contributed by atoms with Crippen molar-refractivity contribution < 1.29 is 0 Å². The highest BCUT2D eigenvalue weighted by atomic mass is 35.5. The van der Waals surface area contributed by atoms with E-state index in [0.717, 1.165) is 33.6 Å². The molecular formula is C16H18ClN3S. The van der Waals surface area contributed by atoms with Gasteiger partial charge in [0, 0.05) is 23.3 Å². The van der Waals surface area contributed by atoms with E-state index >= 15 is 0 Å². The Morgan fingerprint density at radius 1 is 1.14 bits per heavy atom. The smallest absolute Gasteiger partial charge is 0.123 e. The molecule has 0 radical (unpaired) electrons. The van der Waals surface area contributed by atoms with E-state index < -0.39 is 0 Å². The van der Waals surface area contributed by atoms with Gasteiger partial charge in [-0.2, -0.15) is 5.10 Å². The van der Waals surface area contributed by atoms with E-state index in [0.29, 0.717) is 6.04 Å². The van der Waals surface area contributed by atoms with Crippen molar-refractivity contribution in [2.45, 2.75) is 23.9 Å². The van der Waals surface area contributed by atoms with Crippen LogP contribution in [0.4, 0.5) is 0 Å². The van der Waals surface area contributed by atoms with Gasteiger partial charge in [0.1, 0.15) is 5.03 Å². The van der Waals surface area contributed by atoms with Gasteiger partial charge in [-0.25, -0.2) is 0 Å². The summed E-state index contributed by atoms with van der Waals surface area (Å²) in [7, 11) is 0. The summed E-state index contributed by atoms with van der Waals surface area (Å²) in [5.74, 6) is 0.765. The molecule has 1 aromatic heterocycles. The number of nitrogens with zero attached hydrogens (tertiary/aromatic N) is 3. The lowest BCUT2D eigenvalue weighted by molar-refractivity contribution is 0.0507. The van der Waals surface area contributed by atoms with Gasteiger partial charge >= 0.3 is 0 Å². The lowest BCUT2D eigenvalue weighted by atomic mass is 9.84. The molecule has 5 heteroatoms. The van der Waals surface area contributed by atoms with Crippen molar-refractivity contribution in [1.82, 2.24) is 14.7 Å². The van der Waals surface area contributed by atoms with Crippen LogP contribution < -0.4 is 0 Å². The highest BCUT2D eigenvalue weighted by Gasteiger charge is 2.35. The van der Waals surface area contributed by atoms with Gasteiger partial charge in [0.25, 0.3) is 0 Å². The van der Waals surface area contributed by atoms with Crippen LogP contribution in [-0.4, -0.2) is 34.3 Å². The van der Waals surface area contributed by atoms with Crippen LogP contribution in [0.15, 0.2) is 35.5 Å². The van der Waals surface area contributed by atoms with E-state index in [1.54, 1.807) is 0 Å². The summed E-state index contributed by atoms with van der Waals surface area (Å²) in [4.78, 5) is 2.55. The topological polar surface area (TPSA) is 21.1 Å². The number of thiol groups is 1. The van der Waals surface area contributed by atoms with Crippen LogP contribution in [0.25, 0.3) is 11.1 Å². The van der Waals surface area contributed by atoms with Crippen molar-refractivity contribution in [1.29, 1.82) is 0 Å². The van der Waals surface area contributed by atoms with Crippen molar-refractivity contribution in [2.24, 2.45) is 5.92 Å². The van der Waals surface area contributed by atoms with Gasteiger partial charge in [0.05, 0.1) is 6.04 Å². The van der Waals surface area contributed by atoms with Gasteiger partial charge in [-0.1, -0.05) is 23.7 Å². The zero-order valence-corrected chi connectivity index (χ0v) is 13.4. The van der Waals surface area contributed by atoms with E-state index in [4.69, 9.17) is 11.6 Å². The molecule has 3 saturated heterocycles. The molecule has 2 aromatic rings. The number of piperidine rings is 3. The molecule has 3 aliphatic heterocycles. The molecule has 3 nitrogen and oxygen atoms in total. The van der Waals surface area contributed by atoms with E-state index in [2.05, 4.69) is 33.5 Å². The first kappa shape index (κ1) is 13.7. The van der Waals surface area contributed by atoms with E-state index in [-0.39, 0.29) is 0 Å². The minimum Gasteiger partial charge on any atom is -0.301 e. The number of fused-ring (bicyclic) bond motifs is 3. The second kappa shape index (κ2) is 5.34. The average molecular weight is 320 g/mol. The molecule has 5 rings (SSSR count). The fourth-order valence-electron chi connectivity index (χ4n) is 3.62. The van der Waals surface area contributed by atoms with Gasteiger partial charge in [-0.05, 0) is 49.5 Å². The van der Waals surface area contributed by atoms with Gasteiger partial charge < -0.3 is 4.90 Å². The lowest BCUT2D eigenvalue weighted by Gasteiger charge is -2.44. The van der Waals surface area contributed by atoms with Crippen LogP contribution in [-0.2, 0) is 0 Å². The highest BCUT2D eigenvalue weighted by molar-refractivity contribution is 7.80. The predicted molar refractivity (Wildman–Crippen MR) is 88.1 cm³/mol. The predicted octanol–water partition coefficient (Wildman–Crippen LogP) is 3.76. The first-order valence-electron chi connectivity index (χ1n) is 7.47. The molecule has 4 heterocycles. The highest BCUT2D eigenvalue weighted by Crippen LogP contribution is 2.37. The van der Waals surface area contributed by atoms with E-state index in [9.17, 15) is 0 Å². The third-order valence-corrected chi connectivity index (χ3v) is 5.41. The molecule has 3 aliphatic rings. The van der Waals surface area contributed by atoms with Crippen LogP contribution in [0.5, 0.6) is 0 Å². The Hall–Kier alpha value is -0.970. The second-order valence-electron chi connectivity index (χ2n) is 6.06. The van der Waals surface area contributed by atoms with Gasteiger partial charge in [0.15, 0.2) is 0 Å². The first-order valence-corrected chi connectivity index (χ1v) is 8.29. The molecule has 0 saturated carbocycles. The zero-order chi connectivity index (χ0) is 14.4. The summed E-state index contributed by atoms with van der Waals surface area (Å²) in [6, 6.07) is 8.38. The largest absolute Gasteiger partial charge is 0.301 e. The fourth-order valence-corrected chi connectivity index (χ4v) is 4.03.